The van der Waals surface area contributed by atoms with Crippen LogP contribution in [0.5, 0.6) is 0 Å². The number of likely N-dealkylation sites (tertiary alicyclic amines) is 1. The summed E-state index contributed by atoms with van der Waals surface area (Å²) in [7, 11) is 0. The van der Waals surface area contributed by atoms with Gasteiger partial charge in [-0.05, 0) is 30.0 Å². The van der Waals surface area contributed by atoms with Gasteiger partial charge in [0.25, 0.3) is 11.8 Å². The number of amides is 2. The summed E-state index contributed by atoms with van der Waals surface area (Å²) in [4.78, 5) is 40.6. The highest BCUT2D eigenvalue weighted by Crippen LogP contribution is 2.29. The van der Waals surface area contributed by atoms with Gasteiger partial charge < -0.3 is 14.6 Å². The Labute approximate surface area is 152 Å². The molecule has 26 heavy (non-hydrogen) atoms. The van der Waals surface area contributed by atoms with Crippen LogP contribution in [0.2, 0.25) is 0 Å². The van der Waals surface area contributed by atoms with Crippen LogP contribution in [0.1, 0.15) is 44.7 Å². The van der Waals surface area contributed by atoms with Crippen LogP contribution < -0.4 is 0 Å². The smallest absolute Gasteiger partial charge is 0.255 e. The molecular weight excluding hydrogens is 328 g/mol. The maximum Gasteiger partial charge on any atom is 0.255 e. The highest BCUT2D eigenvalue weighted by Gasteiger charge is 2.35. The zero-order valence-electron chi connectivity index (χ0n) is 14.4. The molecule has 1 saturated heterocycles. The quantitative estimate of drug-likeness (QED) is 0.798. The first-order valence-electron chi connectivity index (χ1n) is 8.90. The SMILES string of the molecule is O=C[C@@H]1CCCN1C(=O)c1cccc2c1C(=O)N(Cc1ccccc1)C2. The molecule has 0 radical (unpaired) electrons. The lowest BCUT2D eigenvalue weighted by atomic mass is 10.0. The number of nitrogens with zero attached hydrogens (tertiary/aromatic N) is 2. The summed E-state index contributed by atoms with van der Waals surface area (Å²) in [5.41, 5.74) is 2.84. The lowest BCUT2D eigenvalue weighted by Gasteiger charge is -2.21. The van der Waals surface area contributed by atoms with Crippen LogP contribution in [-0.4, -0.2) is 40.5 Å². The van der Waals surface area contributed by atoms with Gasteiger partial charge in [-0.25, -0.2) is 0 Å². The van der Waals surface area contributed by atoms with Crippen LogP contribution in [0.4, 0.5) is 0 Å². The topological polar surface area (TPSA) is 57.7 Å². The van der Waals surface area contributed by atoms with Gasteiger partial charge in [0.2, 0.25) is 0 Å². The van der Waals surface area contributed by atoms with E-state index in [0.717, 1.165) is 23.8 Å². The van der Waals surface area contributed by atoms with Crippen molar-refractivity contribution in [3.05, 3.63) is 70.8 Å². The van der Waals surface area contributed by atoms with Crippen LogP contribution >= 0.6 is 0 Å². The van der Waals surface area contributed by atoms with Gasteiger partial charge in [0, 0.05) is 19.6 Å². The molecule has 0 aliphatic carbocycles. The Morgan fingerprint density at radius 3 is 2.69 bits per heavy atom. The number of hydrogen-bond acceptors (Lipinski definition) is 3. The molecule has 2 amide bonds. The van der Waals surface area contributed by atoms with Gasteiger partial charge in [0.15, 0.2) is 0 Å². The maximum atomic E-state index is 13.0. The van der Waals surface area contributed by atoms with Crippen molar-refractivity contribution in [3.63, 3.8) is 0 Å². The van der Waals surface area contributed by atoms with Crippen molar-refractivity contribution in [1.29, 1.82) is 0 Å². The van der Waals surface area contributed by atoms with Gasteiger partial charge in [-0.15, -0.1) is 0 Å². The minimum atomic E-state index is -0.379. The molecule has 2 heterocycles. The molecule has 1 fully saturated rings. The van der Waals surface area contributed by atoms with Crippen molar-refractivity contribution in [3.8, 4) is 0 Å². The molecule has 5 heteroatoms. The van der Waals surface area contributed by atoms with Crippen molar-refractivity contribution in [1.82, 2.24) is 9.80 Å². The van der Waals surface area contributed by atoms with E-state index in [-0.39, 0.29) is 17.9 Å². The van der Waals surface area contributed by atoms with Crippen molar-refractivity contribution in [2.75, 3.05) is 6.54 Å². The largest absolute Gasteiger partial charge is 0.330 e. The fourth-order valence-corrected chi connectivity index (χ4v) is 3.87. The zero-order valence-corrected chi connectivity index (χ0v) is 14.4. The molecule has 0 aromatic heterocycles. The van der Waals surface area contributed by atoms with E-state index >= 15 is 0 Å². The van der Waals surface area contributed by atoms with Gasteiger partial charge in [-0.3, -0.25) is 9.59 Å². The molecule has 1 atom stereocenters. The third kappa shape index (κ3) is 2.79. The summed E-state index contributed by atoms with van der Waals surface area (Å²) >= 11 is 0. The summed E-state index contributed by atoms with van der Waals surface area (Å²) < 4.78 is 0. The summed E-state index contributed by atoms with van der Waals surface area (Å²) in [6.07, 6.45) is 2.34. The van der Waals surface area contributed by atoms with Crippen LogP contribution in [0.15, 0.2) is 48.5 Å². The molecule has 0 spiro atoms. The number of rotatable bonds is 4. The van der Waals surface area contributed by atoms with E-state index in [2.05, 4.69) is 0 Å². The minimum Gasteiger partial charge on any atom is -0.330 e. The maximum absolute atomic E-state index is 13.0. The molecule has 2 aromatic rings. The average Bonchev–Trinajstić information content (AvgIpc) is 3.27. The van der Waals surface area contributed by atoms with Gasteiger partial charge in [-0.2, -0.15) is 0 Å². The van der Waals surface area contributed by atoms with Gasteiger partial charge in [0.05, 0.1) is 17.2 Å². The molecule has 0 saturated carbocycles. The Balaban J connectivity index is 1.62. The van der Waals surface area contributed by atoms with Crippen molar-refractivity contribution >= 4 is 18.1 Å². The molecule has 2 aliphatic heterocycles. The lowest BCUT2D eigenvalue weighted by Crippen LogP contribution is -2.37. The normalized spacial score (nSPS) is 18.9. The van der Waals surface area contributed by atoms with Crippen molar-refractivity contribution in [2.45, 2.75) is 32.0 Å². The Bertz CT molecular complexity index is 863. The molecule has 132 valence electrons. The molecule has 4 rings (SSSR count). The van der Waals surface area contributed by atoms with E-state index < -0.39 is 0 Å². The van der Waals surface area contributed by atoms with Gasteiger partial charge in [0.1, 0.15) is 6.29 Å². The third-order valence-electron chi connectivity index (χ3n) is 5.18. The average molecular weight is 348 g/mol. The van der Waals surface area contributed by atoms with E-state index in [9.17, 15) is 14.4 Å². The van der Waals surface area contributed by atoms with E-state index in [1.807, 2.05) is 42.5 Å². The molecule has 5 nitrogen and oxygen atoms in total. The standard InChI is InChI=1S/C21H20N2O3/c24-14-17-9-5-11-23(17)20(25)18-10-4-8-16-13-22(21(26)19(16)18)12-15-6-2-1-3-7-15/h1-4,6-8,10,14,17H,5,9,11-13H2/t17-/m0/s1. The van der Waals surface area contributed by atoms with E-state index in [1.54, 1.807) is 15.9 Å². The van der Waals surface area contributed by atoms with Crippen molar-refractivity contribution < 1.29 is 14.4 Å². The molecule has 0 unspecified atom stereocenters. The summed E-state index contributed by atoms with van der Waals surface area (Å²) in [6.45, 7) is 1.58. The fraction of sp³-hybridized carbons (Fsp3) is 0.286. The molecule has 2 aromatic carbocycles. The number of fused-ring (bicyclic) bond motifs is 1. The number of carbonyl (C=O) groups is 3. The van der Waals surface area contributed by atoms with Crippen LogP contribution in [0.25, 0.3) is 0 Å². The van der Waals surface area contributed by atoms with Crippen LogP contribution in [-0.2, 0) is 17.9 Å². The van der Waals surface area contributed by atoms with E-state index in [1.165, 1.54) is 0 Å². The van der Waals surface area contributed by atoms with Crippen molar-refractivity contribution in [2.24, 2.45) is 0 Å². The predicted molar refractivity (Wildman–Crippen MR) is 96.6 cm³/mol. The minimum absolute atomic E-state index is 0.116. The van der Waals surface area contributed by atoms with E-state index in [0.29, 0.717) is 37.2 Å². The highest BCUT2D eigenvalue weighted by molar-refractivity contribution is 6.10. The second-order valence-corrected chi connectivity index (χ2v) is 6.83. The lowest BCUT2D eigenvalue weighted by molar-refractivity contribution is -0.111. The van der Waals surface area contributed by atoms with Crippen LogP contribution in [0, 0.1) is 0 Å². The number of benzene rings is 2. The summed E-state index contributed by atoms with van der Waals surface area (Å²) in [5.74, 6) is -0.332. The predicted octanol–water partition coefficient (Wildman–Crippen LogP) is 2.65. The Kier molecular flexibility index (Phi) is 4.29. The van der Waals surface area contributed by atoms with Gasteiger partial charge >= 0.3 is 0 Å². The first-order valence-corrected chi connectivity index (χ1v) is 8.90. The monoisotopic (exact) mass is 348 g/mol. The Hall–Kier alpha value is -2.95. The summed E-state index contributed by atoms with van der Waals surface area (Å²) in [5, 5.41) is 0. The Morgan fingerprint density at radius 2 is 1.92 bits per heavy atom. The first-order chi connectivity index (χ1) is 12.7. The number of hydrogen-bond donors (Lipinski definition) is 0. The zero-order chi connectivity index (χ0) is 18.1. The fourth-order valence-electron chi connectivity index (χ4n) is 3.87. The molecular formula is C21H20N2O3. The Morgan fingerprint density at radius 1 is 1.12 bits per heavy atom. The molecule has 0 N–H and O–H groups in total. The number of aldehydes is 1. The highest BCUT2D eigenvalue weighted by atomic mass is 16.2. The van der Waals surface area contributed by atoms with E-state index in [4.69, 9.17) is 0 Å². The molecule has 2 aliphatic rings. The second kappa shape index (κ2) is 6.75. The second-order valence-electron chi connectivity index (χ2n) is 6.83. The molecule has 0 bridgehead atoms. The summed E-state index contributed by atoms with van der Waals surface area (Å²) in [6, 6.07) is 14.9. The van der Waals surface area contributed by atoms with Gasteiger partial charge in [-0.1, -0.05) is 42.5 Å². The number of carbonyl (C=O) groups excluding carboxylic acids is 3. The van der Waals surface area contributed by atoms with Crippen LogP contribution in [0.3, 0.4) is 0 Å². The first kappa shape index (κ1) is 16.5. The third-order valence-corrected chi connectivity index (χ3v) is 5.18.